The van der Waals surface area contributed by atoms with Crippen LogP contribution in [0.4, 0.5) is 0 Å². The van der Waals surface area contributed by atoms with Gasteiger partial charge in [0.2, 0.25) is 0 Å². The van der Waals surface area contributed by atoms with Crippen molar-refractivity contribution in [2.24, 2.45) is 0 Å². The monoisotopic (exact) mass is 650 g/mol. The van der Waals surface area contributed by atoms with Crippen LogP contribution in [0.1, 0.15) is 18.6 Å². The normalized spacial score (nSPS) is 14.1. The van der Waals surface area contributed by atoms with E-state index in [2.05, 4.69) is 118 Å². The van der Waals surface area contributed by atoms with E-state index in [1.165, 1.54) is 25.8 Å². The van der Waals surface area contributed by atoms with E-state index >= 15 is 0 Å². The van der Waals surface area contributed by atoms with Gasteiger partial charge in [0.1, 0.15) is 17.6 Å². The highest BCUT2D eigenvalue weighted by atomic mass is 127. The molecule has 5 heteroatoms. The SMILES string of the molecule is CC(Oc1ccc([SH]2c3ccccc3-c3ccccc32)cc1)c1cc(I)c(O)c(I)c1. The summed E-state index contributed by atoms with van der Waals surface area (Å²) in [6.07, 6.45) is -0.105. The fourth-order valence-corrected chi connectivity index (χ4v) is 8.39. The average molecular weight is 650 g/mol. The molecule has 1 unspecified atom stereocenters. The van der Waals surface area contributed by atoms with E-state index in [4.69, 9.17) is 4.74 Å². The van der Waals surface area contributed by atoms with Crippen molar-refractivity contribution in [3.8, 4) is 22.6 Å². The zero-order valence-corrected chi connectivity index (χ0v) is 21.9. The Morgan fingerprint density at radius 3 is 1.84 bits per heavy atom. The minimum absolute atomic E-state index is 0.105. The number of phenols is 1. The molecule has 1 atom stereocenters. The summed E-state index contributed by atoms with van der Waals surface area (Å²) in [4.78, 5) is 4.18. The van der Waals surface area contributed by atoms with E-state index in [0.29, 0.717) is 5.75 Å². The van der Waals surface area contributed by atoms with Gasteiger partial charge in [-0.1, -0.05) is 36.4 Å². The first kappa shape index (κ1) is 21.2. The van der Waals surface area contributed by atoms with Gasteiger partial charge >= 0.3 is 0 Å². The number of rotatable bonds is 4. The molecule has 0 bridgehead atoms. The van der Waals surface area contributed by atoms with Gasteiger partial charge in [-0.2, -0.15) is 10.9 Å². The van der Waals surface area contributed by atoms with Crippen molar-refractivity contribution >= 4 is 56.1 Å². The maximum absolute atomic E-state index is 10.0. The summed E-state index contributed by atoms with van der Waals surface area (Å²) >= 11 is 4.32. The number of halogens is 2. The molecule has 0 saturated carbocycles. The van der Waals surface area contributed by atoms with Crippen LogP contribution >= 0.6 is 56.1 Å². The van der Waals surface area contributed by atoms with Crippen LogP contribution in [-0.4, -0.2) is 5.11 Å². The van der Waals surface area contributed by atoms with Crippen LogP contribution in [0.25, 0.3) is 11.1 Å². The summed E-state index contributed by atoms with van der Waals surface area (Å²) < 4.78 is 7.90. The highest BCUT2D eigenvalue weighted by molar-refractivity contribution is 14.1. The van der Waals surface area contributed by atoms with Crippen molar-refractivity contribution in [1.29, 1.82) is 0 Å². The molecule has 0 amide bonds. The second-order valence-corrected chi connectivity index (χ2v) is 11.9. The number of thiol groups is 1. The zero-order valence-electron chi connectivity index (χ0n) is 16.7. The standard InChI is InChI=1S/C26H20I2O2S/c1-16(17-14-22(27)26(29)23(28)15-17)30-18-10-12-19(13-11-18)31-24-8-4-2-6-20(24)21-7-3-5-9-25(21)31/h2-16,29,31H,1H3. The third-order valence-corrected chi connectivity index (χ3v) is 9.70. The van der Waals surface area contributed by atoms with Gasteiger partial charge in [0.05, 0.1) is 7.14 Å². The number of phenolic OH excluding ortho intramolecular Hbond substituents is 1. The summed E-state index contributed by atoms with van der Waals surface area (Å²) in [5.74, 6) is 1.19. The van der Waals surface area contributed by atoms with Crippen molar-refractivity contribution in [2.45, 2.75) is 27.7 Å². The van der Waals surface area contributed by atoms with E-state index in [0.717, 1.165) is 18.5 Å². The van der Waals surface area contributed by atoms with Gasteiger partial charge in [-0.15, -0.1) is 0 Å². The van der Waals surface area contributed by atoms with Crippen molar-refractivity contribution in [3.63, 3.8) is 0 Å². The van der Waals surface area contributed by atoms with Crippen molar-refractivity contribution in [1.82, 2.24) is 0 Å². The van der Waals surface area contributed by atoms with Crippen molar-refractivity contribution in [2.75, 3.05) is 0 Å². The molecule has 2 nitrogen and oxygen atoms in total. The van der Waals surface area contributed by atoms with Crippen LogP contribution in [0.5, 0.6) is 11.5 Å². The van der Waals surface area contributed by atoms with Gasteiger partial charge in [0.15, 0.2) is 0 Å². The fourth-order valence-electron chi connectivity index (χ4n) is 3.97. The smallest absolute Gasteiger partial charge is 0.142 e. The molecule has 156 valence electrons. The van der Waals surface area contributed by atoms with E-state index in [1.54, 1.807) is 0 Å². The van der Waals surface area contributed by atoms with E-state index in [1.807, 2.05) is 19.1 Å². The second kappa shape index (κ2) is 8.67. The molecule has 5 rings (SSSR count). The number of fused-ring (bicyclic) bond motifs is 3. The summed E-state index contributed by atoms with van der Waals surface area (Å²) in [6.45, 7) is 2.04. The molecule has 0 fully saturated rings. The molecule has 0 spiro atoms. The van der Waals surface area contributed by atoms with Gasteiger partial charge < -0.3 is 9.84 Å². The van der Waals surface area contributed by atoms with Crippen LogP contribution < -0.4 is 4.74 Å². The number of hydrogen-bond acceptors (Lipinski definition) is 2. The first-order valence-corrected chi connectivity index (χ1v) is 13.5. The molecular formula is C26H20I2O2S. The molecule has 0 saturated heterocycles. The van der Waals surface area contributed by atoms with Gasteiger partial charge in [0.25, 0.3) is 0 Å². The van der Waals surface area contributed by atoms with Gasteiger partial charge in [-0.3, -0.25) is 0 Å². The van der Waals surface area contributed by atoms with Gasteiger partial charge in [0, 0.05) is 9.79 Å². The molecule has 4 aromatic carbocycles. The molecule has 0 aliphatic carbocycles. The van der Waals surface area contributed by atoms with Gasteiger partial charge in [-0.05, 0) is 122 Å². The molecule has 1 aliphatic heterocycles. The topological polar surface area (TPSA) is 29.5 Å². The van der Waals surface area contributed by atoms with E-state index < -0.39 is 10.9 Å². The predicted molar refractivity (Wildman–Crippen MR) is 145 cm³/mol. The van der Waals surface area contributed by atoms with Crippen molar-refractivity contribution < 1.29 is 9.84 Å². The summed E-state index contributed by atoms with van der Waals surface area (Å²) in [5.41, 5.74) is 3.77. The quantitative estimate of drug-likeness (QED) is 0.152. The Bertz CT molecular complexity index is 1200. The maximum atomic E-state index is 10.0. The summed E-state index contributed by atoms with van der Waals surface area (Å²) in [7, 11) is -0.546. The third kappa shape index (κ3) is 3.96. The van der Waals surface area contributed by atoms with Crippen LogP contribution in [0, 0.1) is 7.14 Å². The van der Waals surface area contributed by atoms with E-state index in [9.17, 15) is 5.11 Å². The average Bonchev–Trinajstić information content (AvgIpc) is 3.12. The molecule has 1 heterocycles. The Morgan fingerprint density at radius 1 is 0.774 bits per heavy atom. The Morgan fingerprint density at radius 2 is 1.29 bits per heavy atom. The van der Waals surface area contributed by atoms with Crippen molar-refractivity contribution in [3.05, 3.63) is 97.6 Å². The number of hydrogen-bond donors (Lipinski definition) is 2. The lowest BCUT2D eigenvalue weighted by Crippen LogP contribution is -2.04. The highest BCUT2D eigenvalue weighted by Gasteiger charge is 2.26. The molecule has 1 aliphatic rings. The maximum Gasteiger partial charge on any atom is 0.142 e. The minimum Gasteiger partial charge on any atom is -0.506 e. The Kier molecular flexibility index (Phi) is 5.92. The number of benzene rings is 4. The lowest BCUT2D eigenvalue weighted by Gasteiger charge is -2.20. The highest BCUT2D eigenvalue weighted by Crippen LogP contribution is 2.62. The largest absolute Gasteiger partial charge is 0.506 e. The Balaban J connectivity index is 1.42. The first-order valence-electron chi connectivity index (χ1n) is 9.96. The number of ether oxygens (including phenoxy) is 1. The minimum atomic E-state index is -0.546. The van der Waals surface area contributed by atoms with Gasteiger partial charge in [-0.25, -0.2) is 0 Å². The first-order chi connectivity index (χ1) is 15.0. The van der Waals surface area contributed by atoms with Crippen LogP contribution in [0.2, 0.25) is 0 Å². The molecule has 1 N–H and O–H groups in total. The lowest BCUT2D eigenvalue weighted by atomic mass is 10.1. The molecule has 0 aromatic heterocycles. The number of aromatic hydroxyl groups is 1. The molecular weight excluding hydrogens is 630 g/mol. The molecule has 4 aromatic rings. The molecule has 0 radical (unpaired) electrons. The Labute approximate surface area is 212 Å². The summed E-state index contributed by atoms with van der Waals surface area (Å²) in [5, 5.41) is 10.0. The summed E-state index contributed by atoms with van der Waals surface area (Å²) in [6, 6.07) is 30.0. The zero-order chi connectivity index (χ0) is 21.5. The van der Waals surface area contributed by atoms with Crippen LogP contribution in [0.3, 0.4) is 0 Å². The Hall–Kier alpha value is -1.71. The van der Waals surface area contributed by atoms with Crippen LogP contribution in [0.15, 0.2) is 99.6 Å². The fraction of sp³-hybridized carbons (Fsp3) is 0.0769. The van der Waals surface area contributed by atoms with E-state index in [-0.39, 0.29) is 6.10 Å². The molecule has 31 heavy (non-hydrogen) atoms. The predicted octanol–water partition coefficient (Wildman–Crippen LogP) is 8.20. The lowest BCUT2D eigenvalue weighted by molar-refractivity contribution is 0.226. The third-order valence-electron chi connectivity index (χ3n) is 5.50. The second-order valence-electron chi connectivity index (χ2n) is 7.46. The van der Waals surface area contributed by atoms with Crippen LogP contribution in [-0.2, 0) is 0 Å².